The third kappa shape index (κ3) is 4.47. The van der Waals surface area contributed by atoms with E-state index < -0.39 is 5.91 Å². The summed E-state index contributed by atoms with van der Waals surface area (Å²) >= 11 is 0. The molecule has 2 rings (SSSR count). The Morgan fingerprint density at radius 1 is 0.920 bits per heavy atom. The van der Waals surface area contributed by atoms with Crippen LogP contribution < -0.4 is 10.5 Å². The van der Waals surface area contributed by atoms with E-state index in [0.717, 1.165) is 36.1 Å². The number of Topliss-reactive ketones (excluding diaryl/α,β-unsaturated/α-hetero) is 1. The van der Waals surface area contributed by atoms with Gasteiger partial charge < -0.3 is 10.5 Å². The number of nitrogens with two attached hydrogens (primary N) is 1. The highest BCUT2D eigenvalue weighted by Gasteiger charge is 2.11. The Morgan fingerprint density at radius 3 is 2.16 bits per heavy atom. The lowest BCUT2D eigenvalue weighted by Gasteiger charge is -2.13. The molecule has 0 spiro atoms. The van der Waals surface area contributed by atoms with Crippen molar-refractivity contribution in [3.63, 3.8) is 0 Å². The predicted octanol–water partition coefficient (Wildman–Crippen LogP) is 3.73. The summed E-state index contributed by atoms with van der Waals surface area (Å²) < 4.78 is 5.46. The fourth-order valence-electron chi connectivity index (χ4n) is 2.95. The van der Waals surface area contributed by atoms with Crippen molar-refractivity contribution in [2.75, 3.05) is 7.11 Å². The second kappa shape index (κ2) is 8.47. The zero-order valence-corrected chi connectivity index (χ0v) is 15.1. The van der Waals surface area contributed by atoms with Crippen molar-refractivity contribution in [1.29, 1.82) is 0 Å². The Kier molecular flexibility index (Phi) is 6.34. The maximum Gasteiger partial charge on any atom is 0.248 e. The minimum Gasteiger partial charge on any atom is -0.496 e. The summed E-state index contributed by atoms with van der Waals surface area (Å²) in [6.45, 7) is 3.94. The Balaban J connectivity index is 2.25. The minimum atomic E-state index is -0.413. The highest BCUT2D eigenvalue weighted by atomic mass is 16.5. The molecule has 0 saturated heterocycles. The Bertz CT molecular complexity index is 781. The lowest BCUT2D eigenvalue weighted by Crippen LogP contribution is -2.12. The molecule has 0 fully saturated rings. The lowest BCUT2D eigenvalue weighted by atomic mass is 9.95. The molecule has 4 nitrogen and oxygen atoms in total. The molecule has 0 aliphatic carbocycles. The first-order valence-corrected chi connectivity index (χ1v) is 8.61. The standard InChI is InChI=1S/C21H25NO3/c1-4-14-6-11-18(21(22)24)12-16(14)9-7-15-8-10-17(19(23)5-2)13-20(15)25-3/h6,8,10-13H,4-5,7,9H2,1-3H3,(H2,22,24). The van der Waals surface area contributed by atoms with Crippen LogP contribution in [0.25, 0.3) is 0 Å². The summed E-state index contributed by atoms with van der Waals surface area (Å²) in [5.74, 6) is 0.416. The highest BCUT2D eigenvalue weighted by molar-refractivity contribution is 5.96. The van der Waals surface area contributed by atoms with Crippen LogP contribution in [0.2, 0.25) is 0 Å². The van der Waals surface area contributed by atoms with Crippen molar-refractivity contribution in [1.82, 2.24) is 0 Å². The van der Waals surface area contributed by atoms with E-state index in [-0.39, 0.29) is 5.78 Å². The first-order chi connectivity index (χ1) is 12.0. The average molecular weight is 339 g/mol. The molecule has 0 aliphatic rings. The number of rotatable bonds is 8. The summed E-state index contributed by atoms with van der Waals surface area (Å²) in [5, 5.41) is 0. The lowest BCUT2D eigenvalue weighted by molar-refractivity contribution is 0.0984. The van der Waals surface area contributed by atoms with Gasteiger partial charge in [-0.25, -0.2) is 0 Å². The predicted molar refractivity (Wildman–Crippen MR) is 99.4 cm³/mol. The van der Waals surface area contributed by atoms with Crippen molar-refractivity contribution in [2.24, 2.45) is 5.73 Å². The second-order valence-corrected chi connectivity index (χ2v) is 6.00. The third-order valence-corrected chi connectivity index (χ3v) is 4.47. The fourth-order valence-corrected chi connectivity index (χ4v) is 2.95. The van der Waals surface area contributed by atoms with Gasteiger partial charge in [0.15, 0.2) is 5.78 Å². The van der Waals surface area contributed by atoms with Crippen molar-refractivity contribution >= 4 is 11.7 Å². The number of methoxy groups -OCH3 is 1. The number of amides is 1. The van der Waals surface area contributed by atoms with Gasteiger partial charge in [-0.1, -0.05) is 32.0 Å². The van der Waals surface area contributed by atoms with Crippen LogP contribution in [0.1, 0.15) is 57.7 Å². The van der Waals surface area contributed by atoms with Crippen molar-refractivity contribution in [3.05, 3.63) is 64.2 Å². The summed E-state index contributed by atoms with van der Waals surface area (Å²) in [4.78, 5) is 23.3. The molecule has 0 aromatic heterocycles. The van der Waals surface area contributed by atoms with Gasteiger partial charge in [0, 0.05) is 17.5 Å². The molecule has 25 heavy (non-hydrogen) atoms. The molecule has 1 amide bonds. The van der Waals surface area contributed by atoms with Gasteiger partial charge in [0.25, 0.3) is 0 Å². The second-order valence-electron chi connectivity index (χ2n) is 6.00. The number of carbonyl (C=O) groups is 2. The number of hydrogen-bond acceptors (Lipinski definition) is 3. The van der Waals surface area contributed by atoms with Gasteiger partial charge in [-0.15, -0.1) is 0 Å². The van der Waals surface area contributed by atoms with Crippen LogP contribution in [0.15, 0.2) is 36.4 Å². The molecular weight excluding hydrogens is 314 g/mol. The van der Waals surface area contributed by atoms with Crippen LogP contribution in [0.5, 0.6) is 5.75 Å². The monoisotopic (exact) mass is 339 g/mol. The molecule has 0 heterocycles. The van der Waals surface area contributed by atoms with E-state index >= 15 is 0 Å². The van der Waals surface area contributed by atoms with Crippen LogP contribution in [0.3, 0.4) is 0 Å². The Morgan fingerprint density at radius 2 is 1.56 bits per heavy atom. The van der Waals surface area contributed by atoms with E-state index in [1.54, 1.807) is 13.2 Å². The normalized spacial score (nSPS) is 10.5. The number of ether oxygens (including phenoxy) is 1. The van der Waals surface area contributed by atoms with Gasteiger partial charge in [-0.05, 0) is 54.2 Å². The third-order valence-electron chi connectivity index (χ3n) is 4.47. The molecule has 0 atom stereocenters. The van der Waals surface area contributed by atoms with Gasteiger partial charge in [-0.3, -0.25) is 9.59 Å². The zero-order valence-electron chi connectivity index (χ0n) is 15.1. The molecule has 0 unspecified atom stereocenters. The maximum absolute atomic E-state index is 11.9. The molecular formula is C21H25NO3. The summed E-state index contributed by atoms with van der Waals surface area (Å²) in [5.41, 5.74) is 9.97. The molecule has 0 saturated carbocycles. The van der Waals surface area contributed by atoms with E-state index in [2.05, 4.69) is 6.92 Å². The largest absolute Gasteiger partial charge is 0.496 e. The van der Waals surface area contributed by atoms with Crippen LogP contribution in [0, 0.1) is 0 Å². The highest BCUT2D eigenvalue weighted by Crippen LogP contribution is 2.24. The maximum atomic E-state index is 11.9. The first kappa shape index (κ1) is 18.7. The van der Waals surface area contributed by atoms with Crippen molar-refractivity contribution in [2.45, 2.75) is 39.5 Å². The number of benzene rings is 2. The molecule has 0 radical (unpaired) electrons. The van der Waals surface area contributed by atoms with E-state index in [1.165, 1.54) is 5.56 Å². The summed E-state index contributed by atoms with van der Waals surface area (Å²) in [6.07, 6.45) is 2.92. The fraction of sp³-hybridized carbons (Fsp3) is 0.333. The summed E-state index contributed by atoms with van der Waals surface area (Å²) in [6, 6.07) is 11.2. The molecule has 132 valence electrons. The SMILES string of the molecule is CCC(=O)c1ccc(CCc2cc(C(N)=O)ccc2CC)c(OC)c1. The first-order valence-electron chi connectivity index (χ1n) is 8.61. The number of primary amides is 1. The van der Waals surface area contributed by atoms with Crippen LogP contribution in [-0.2, 0) is 19.3 Å². The van der Waals surface area contributed by atoms with Gasteiger partial charge in [0.1, 0.15) is 5.75 Å². The number of hydrogen-bond donors (Lipinski definition) is 1. The van der Waals surface area contributed by atoms with Crippen molar-refractivity contribution < 1.29 is 14.3 Å². The molecule has 0 bridgehead atoms. The summed E-state index contributed by atoms with van der Waals surface area (Å²) in [7, 11) is 1.62. The van der Waals surface area contributed by atoms with Crippen LogP contribution in [0.4, 0.5) is 0 Å². The Labute approximate surface area is 149 Å². The molecule has 0 aliphatic heterocycles. The molecule has 2 N–H and O–H groups in total. The van der Waals surface area contributed by atoms with E-state index in [0.29, 0.717) is 17.5 Å². The molecule has 2 aromatic carbocycles. The number of carbonyl (C=O) groups excluding carboxylic acids is 2. The van der Waals surface area contributed by atoms with Crippen molar-refractivity contribution in [3.8, 4) is 5.75 Å². The minimum absolute atomic E-state index is 0.104. The van der Waals surface area contributed by atoms with Crippen LogP contribution >= 0.6 is 0 Å². The number of aryl methyl sites for hydroxylation is 3. The van der Waals surface area contributed by atoms with Gasteiger partial charge >= 0.3 is 0 Å². The topological polar surface area (TPSA) is 69.4 Å². The zero-order chi connectivity index (χ0) is 18.4. The smallest absolute Gasteiger partial charge is 0.248 e. The average Bonchev–Trinajstić information content (AvgIpc) is 2.65. The quantitative estimate of drug-likeness (QED) is 0.745. The van der Waals surface area contributed by atoms with E-state index in [4.69, 9.17) is 10.5 Å². The molecule has 4 heteroatoms. The van der Waals surface area contributed by atoms with Gasteiger partial charge in [0.05, 0.1) is 7.11 Å². The van der Waals surface area contributed by atoms with E-state index in [1.807, 2.05) is 37.3 Å². The van der Waals surface area contributed by atoms with Gasteiger partial charge in [0.2, 0.25) is 5.91 Å². The van der Waals surface area contributed by atoms with Crippen LogP contribution in [-0.4, -0.2) is 18.8 Å². The van der Waals surface area contributed by atoms with Gasteiger partial charge in [-0.2, -0.15) is 0 Å². The Hall–Kier alpha value is -2.62. The number of ketones is 1. The van der Waals surface area contributed by atoms with E-state index in [9.17, 15) is 9.59 Å². The molecule has 2 aromatic rings.